The van der Waals surface area contributed by atoms with Crippen LogP contribution in [0.25, 0.3) is 11.0 Å². The summed E-state index contributed by atoms with van der Waals surface area (Å²) in [6, 6.07) is 10.7. The van der Waals surface area contributed by atoms with Crippen molar-refractivity contribution >= 4 is 16.9 Å². The fourth-order valence-corrected chi connectivity index (χ4v) is 3.96. The molecule has 2 aliphatic rings. The molecular weight excluding hydrogens is 375 g/mol. The van der Waals surface area contributed by atoms with Gasteiger partial charge in [-0.2, -0.15) is 0 Å². The molecule has 2 aliphatic heterocycles. The van der Waals surface area contributed by atoms with Crippen molar-refractivity contribution in [2.24, 2.45) is 0 Å². The number of aryl methyl sites for hydroxylation is 1. The quantitative estimate of drug-likeness (QED) is 0.678. The van der Waals surface area contributed by atoms with Crippen LogP contribution in [0, 0.1) is 12.7 Å². The van der Waals surface area contributed by atoms with Crippen molar-refractivity contribution in [1.29, 1.82) is 0 Å². The molecule has 0 saturated carbocycles. The molecule has 150 valence electrons. The van der Waals surface area contributed by atoms with Crippen LogP contribution in [0.3, 0.4) is 0 Å². The van der Waals surface area contributed by atoms with Crippen LogP contribution in [0.2, 0.25) is 0 Å². The van der Waals surface area contributed by atoms with E-state index in [0.717, 1.165) is 36.7 Å². The molecule has 0 unspecified atom stereocenters. The molecule has 0 atom stereocenters. The van der Waals surface area contributed by atoms with Gasteiger partial charge in [0, 0.05) is 43.7 Å². The van der Waals surface area contributed by atoms with E-state index < -0.39 is 5.82 Å². The van der Waals surface area contributed by atoms with Crippen molar-refractivity contribution in [2.45, 2.75) is 13.5 Å². The van der Waals surface area contributed by atoms with Crippen LogP contribution in [0.1, 0.15) is 21.7 Å². The molecule has 1 aromatic heterocycles. The Kier molecular flexibility index (Phi) is 4.39. The van der Waals surface area contributed by atoms with Crippen LogP contribution in [0.15, 0.2) is 40.8 Å². The molecule has 0 N–H and O–H groups in total. The van der Waals surface area contributed by atoms with Crippen molar-refractivity contribution in [3.63, 3.8) is 0 Å². The van der Waals surface area contributed by atoms with Gasteiger partial charge in [0.05, 0.1) is 0 Å². The highest BCUT2D eigenvalue weighted by Gasteiger charge is 2.27. The molecule has 0 bridgehead atoms. The number of amides is 1. The fourth-order valence-electron chi connectivity index (χ4n) is 3.96. The van der Waals surface area contributed by atoms with E-state index in [9.17, 15) is 9.18 Å². The molecule has 2 aromatic carbocycles. The Morgan fingerprint density at radius 2 is 1.86 bits per heavy atom. The highest BCUT2D eigenvalue weighted by molar-refractivity contribution is 5.99. The summed E-state index contributed by atoms with van der Waals surface area (Å²) in [5.74, 6) is 1.17. The van der Waals surface area contributed by atoms with Gasteiger partial charge in [-0.3, -0.25) is 9.69 Å². The van der Waals surface area contributed by atoms with E-state index in [2.05, 4.69) is 4.90 Å². The van der Waals surface area contributed by atoms with Crippen molar-refractivity contribution in [3.05, 3.63) is 59.1 Å². The smallest absolute Gasteiger partial charge is 0.289 e. The highest BCUT2D eigenvalue weighted by atomic mass is 19.1. The topological polar surface area (TPSA) is 55.2 Å². The zero-order valence-corrected chi connectivity index (χ0v) is 16.1. The molecule has 1 amide bonds. The normalized spacial score (nSPS) is 16.6. The van der Waals surface area contributed by atoms with Crippen LogP contribution in [0.5, 0.6) is 11.5 Å². The first-order valence-corrected chi connectivity index (χ1v) is 9.68. The first-order chi connectivity index (χ1) is 14.1. The minimum Gasteiger partial charge on any atom is -0.454 e. The molecule has 0 radical (unpaired) electrons. The lowest BCUT2D eigenvalue weighted by Crippen LogP contribution is -2.48. The van der Waals surface area contributed by atoms with Gasteiger partial charge in [0.15, 0.2) is 28.7 Å². The predicted octanol–water partition coefficient (Wildman–Crippen LogP) is 3.57. The number of fused-ring (bicyclic) bond motifs is 2. The summed E-state index contributed by atoms with van der Waals surface area (Å²) >= 11 is 0. The second-order valence-corrected chi connectivity index (χ2v) is 7.43. The maximum Gasteiger partial charge on any atom is 0.289 e. The zero-order valence-electron chi connectivity index (χ0n) is 16.1. The van der Waals surface area contributed by atoms with Crippen molar-refractivity contribution in [2.75, 3.05) is 33.0 Å². The minimum absolute atomic E-state index is 0.148. The van der Waals surface area contributed by atoms with Crippen LogP contribution in [-0.4, -0.2) is 48.7 Å². The van der Waals surface area contributed by atoms with E-state index in [1.54, 1.807) is 24.0 Å². The molecular formula is C22H21FN2O4. The molecule has 6 nitrogen and oxygen atoms in total. The average molecular weight is 396 g/mol. The second kappa shape index (κ2) is 7.08. The number of furan rings is 1. The maximum absolute atomic E-state index is 14.0. The molecule has 0 spiro atoms. The Morgan fingerprint density at radius 3 is 2.66 bits per heavy atom. The van der Waals surface area contributed by atoms with Gasteiger partial charge in [0.2, 0.25) is 6.79 Å². The Hall–Kier alpha value is -3.06. The number of benzene rings is 2. The first-order valence-electron chi connectivity index (χ1n) is 9.68. The Labute approximate surface area is 167 Å². The van der Waals surface area contributed by atoms with Crippen LogP contribution < -0.4 is 9.47 Å². The van der Waals surface area contributed by atoms with Gasteiger partial charge in [0.1, 0.15) is 0 Å². The van der Waals surface area contributed by atoms with E-state index in [-0.39, 0.29) is 24.0 Å². The molecule has 0 aliphatic carbocycles. The van der Waals surface area contributed by atoms with E-state index in [4.69, 9.17) is 13.9 Å². The van der Waals surface area contributed by atoms with Crippen molar-refractivity contribution in [1.82, 2.24) is 9.80 Å². The molecule has 5 rings (SSSR count). The molecule has 7 heteroatoms. The molecule has 1 saturated heterocycles. The second-order valence-electron chi connectivity index (χ2n) is 7.43. The number of para-hydroxylation sites is 1. The largest absolute Gasteiger partial charge is 0.454 e. The van der Waals surface area contributed by atoms with Crippen LogP contribution in [0.4, 0.5) is 4.39 Å². The Morgan fingerprint density at radius 1 is 1.07 bits per heavy atom. The first kappa shape index (κ1) is 18.0. The monoisotopic (exact) mass is 396 g/mol. The molecule has 29 heavy (non-hydrogen) atoms. The lowest BCUT2D eigenvalue weighted by atomic mass is 10.1. The average Bonchev–Trinajstić information content (AvgIpc) is 3.33. The number of ether oxygens (including phenoxy) is 2. The highest BCUT2D eigenvalue weighted by Crippen LogP contribution is 2.33. The fraction of sp³-hybridized carbons (Fsp3) is 0.318. The minimum atomic E-state index is -0.446. The van der Waals surface area contributed by atoms with E-state index in [0.29, 0.717) is 24.0 Å². The zero-order chi connectivity index (χ0) is 20.0. The van der Waals surface area contributed by atoms with Gasteiger partial charge in [0.25, 0.3) is 5.91 Å². The van der Waals surface area contributed by atoms with E-state index >= 15 is 0 Å². The number of hydrogen-bond donors (Lipinski definition) is 0. The summed E-state index contributed by atoms with van der Waals surface area (Å²) in [4.78, 5) is 17.0. The predicted molar refractivity (Wildman–Crippen MR) is 105 cm³/mol. The molecule has 3 heterocycles. The van der Waals surface area contributed by atoms with Gasteiger partial charge in [-0.15, -0.1) is 0 Å². The summed E-state index contributed by atoms with van der Waals surface area (Å²) < 4.78 is 30.4. The Bertz CT molecular complexity index is 1090. The van der Waals surface area contributed by atoms with Gasteiger partial charge < -0.3 is 18.8 Å². The third kappa shape index (κ3) is 3.21. The third-order valence-electron chi connectivity index (χ3n) is 5.61. The van der Waals surface area contributed by atoms with E-state index in [1.807, 2.05) is 18.2 Å². The summed E-state index contributed by atoms with van der Waals surface area (Å²) in [5.41, 5.74) is 1.99. The SMILES string of the molecule is Cc1c(C(=O)N2CCN(Cc3ccc4c(c3)OCO4)CC2)oc2c(F)cccc12. The number of carbonyl (C=O) groups is 1. The number of carbonyl (C=O) groups excluding carboxylic acids is 1. The number of hydrogen-bond acceptors (Lipinski definition) is 5. The van der Waals surface area contributed by atoms with Gasteiger partial charge >= 0.3 is 0 Å². The van der Waals surface area contributed by atoms with Crippen molar-refractivity contribution in [3.8, 4) is 11.5 Å². The van der Waals surface area contributed by atoms with Gasteiger partial charge in [-0.05, 0) is 30.7 Å². The summed E-state index contributed by atoms with van der Waals surface area (Å²) in [7, 11) is 0. The number of nitrogens with zero attached hydrogens (tertiary/aromatic N) is 2. The molecule has 1 fully saturated rings. The van der Waals surface area contributed by atoms with E-state index in [1.165, 1.54) is 6.07 Å². The van der Waals surface area contributed by atoms with Crippen LogP contribution >= 0.6 is 0 Å². The maximum atomic E-state index is 14.0. The summed E-state index contributed by atoms with van der Waals surface area (Å²) in [6.07, 6.45) is 0. The van der Waals surface area contributed by atoms with Crippen molar-refractivity contribution < 1.29 is 23.1 Å². The number of rotatable bonds is 3. The lowest BCUT2D eigenvalue weighted by Gasteiger charge is -2.34. The van der Waals surface area contributed by atoms with Gasteiger partial charge in [-0.1, -0.05) is 18.2 Å². The van der Waals surface area contributed by atoms with Crippen LogP contribution in [-0.2, 0) is 6.54 Å². The summed E-state index contributed by atoms with van der Waals surface area (Å²) in [6.45, 7) is 5.57. The Balaban J connectivity index is 1.25. The number of piperazine rings is 1. The molecule has 3 aromatic rings. The third-order valence-corrected chi connectivity index (χ3v) is 5.61. The van der Waals surface area contributed by atoms with Gasteiger partial charge in [-0.25, -0.2) is 4.39 Å². The lowest BCUT2D eigenvalue weighted by molar-refractivity contribution is 0.0599. The number of halogens is 1. The summed E-state index contributed by atoms with van der Waals surface area (Å²) in [5, 5.41) is 0.648. The standard InChI is InChI=1S/C22H21FN2O4/c1-14-16-3-2-4-17(23)21(16)29-20(14)22(26)25-9-7-24(8-10-25)12-15-5-6-18-19(11-15)28-13-27-18/h2-6,11H,7-10,12-13H2,1H3.